The van der Waals surface area contributed by atoms with Crippen LogP contribution in [0.5, 0.6) is 0 Å². The highest BCUT2D eigenvalue weighted by Gasteiger charge is 1.96. The van der Waals surface area contributed by atoms with Crippen LogP contribution in [0.25, 0.3) is 11.1 Å². The van der Waals surface area contributed by atoms with Gasteiger partial charge in [0.25, 0.3) is 0 Å². The summed E-state index contributed by atoms with van der Waals surface area (Å²) in [6.45, 7) is 0. The summed E-state index contributed by atoms with van der Waals surface area (Å²) in [6.07, 6.45) is 3.55. The summed E-state index contributed by atoms with van der Waals surface area (Å²) in [5, 5.41) is 0.696. The number of aromatic nitrogens is 1. The van der Waals surface area contributed by atoms with Gasteiger partial charge < -0.3 is 0 Å². The van der Waals surface area contributed by atoms with Crippen LogP contribution in [-0.2, 0) is 0 Å². The maximum Gasteiger partial charge on any atom is 0.0418 e. The second-order valence-corrected chi connectivity index (χ2v) is 3.12. The van der Waals surface area contributed by atoms with E-state index in [4.69, 9.17) is 11.6 Å². The molecular formula is C11H7ClN. The zero-order valence-electron chi connectivity index (χ0n) is 6.87. The molecule has 0 saturated carbocycles. The van der Waals surface area contributed by atoms with Crippen LogP contribution in [0.15, 0.2) is 42.7 Å². The van der Waals surface area contributed by atoms with Gasteiger partial charge in [0, 0.05) is 23.0 Å². The quantitative estimate of drug-likeness (QED) is 0.670. The van der Waals surface area contributed by atoms with E-state index in [1.165, 1.54) is 0 Å². The number of pyridine rings is 1. The van der Waals surface area contributed by atoms with Crippen molar-refractivity contribution in [2.45, 2.75) is 0 Å². The van der Waals surface area contributed by atoms with Crippen LogP contribution in [-0.4, -0.2) is 4.98 Å². The number of nitrogens with zero attached hydrogens (tertiary/aromatic N) is 1. The van der Waals surface area contributed by atoms with Crippen molar-refractivity contribution in [1.82, 2.24) is 4.98 Å². The summed E-state index contributed by atoms with van der Waals surface area (Å²) in [5.74, 6) is 0. The Morgan fingerprint density at radius 3 is 2.85 bits per heavy atom. The molecule has 0 bridgehead atoms. The van der Waals surface area contributed by atoms with Gasteiger partial charge in [-0.05, 0) is 35.9 Å². The first kappa shape index (κ1) is 8.27. The minimum absolute atomic E-state index is 0.696. The molecule has 2 heteroatoms. The van der Waals surface area contributed by atoms with Gasteiger partial charge in [-0.25, -0.2) is 0 Å². The Balaban J connectivity index is 2.48. The van der Waals surface area contributed by atoms with Crippen LogP contribution in [0.4, 0.5) is 0 Å². The van der Waals surface area contributed by atoms with E-state index in [1.54, 1.807) is 18.5 Å². The lowest BCUT2D eigenvalue weighted by Crippen LogP contribution is -1.78. The first-order valence-corrected chi connectivity index (χ1v) is 4.31. The third-order valence-electron chi connectivity index (χ3n) is 1.75. The van der Waals surface area contributed by atoms with Gasteiger partial charge in [-0.15, -0.1) is 0 Å². The van der Waals surface area contributed by atoms with Crippen LogP contribution in [0.3, 0.4) is 0 Å². The first-order valence-electron chi connectivity index (χ1n) is 3.93. The van der Waals surface area contributed by atoms with E-state index in [0.717, 1.165) is 11.1 Å². The molecule has 2 rings (SSSR count). The maximum atomic E-state index is 5.84. The molecular weight excluding hydrogens is 182 g/mol. The molecule has 1 heterocycles. The van der Waals surface area contributed by atoms with Gasteiger partial charge in [0.15, 0.2) is 0 Å². The van der Waals surface area contributed by atoms with Crippen LogP contribution in [0, 0.1) is 6.07 Å². The number of rotatable bonds is 1. The summed E-state index contributed by atoms with van der Waals surface area (Å²) in [4.78, 5) is 4.03. The van der Waals surface area contributed by atoms with Gasteiger partial charge >= 0.3 is 0 Å². The molecule has 0 aliphatic carbocycles. The van der Waals surface area contributed by atoms with E-state index >= 15 is 0 Å². The predicted molar refractivity (Wildman–Crippen MR) is 53.5 cm³/mol. The Morgan fingerprint density at radius 1 is 1.23 bits per heavy atom. The third-order valence-corrected chi connectivity index (χ3v) is 1.97. The van der Waals surface area contributed by atoms with Crippen LogP contribution >= 0.6 is 11.6 Å². The third kappa shape index (κ3) is 1.87. The molecule has 0 atom stereocenters. The molecule has 0 N–H and O–H groups in total. The topological polar surface area (TPSA) is 12.9 Å². The first-order chi connectivity index (χ1) is 6.36. The Bertz CT molecular complexity index is 398. The van der Waals surface area contributed by atoms with Crippen molar-refractivity contribution >= 4 is 11.6 Å². The molecule has 0 spiro atoms. The van der Waals surface area contributed by atoms with E-state index in [2.05, 4.69) is 11.1 Å². The molecule has 1 aromatic heterocycles. The van der Waals surface area contributed by atoms with Gasteiger partial charge in [0.2, 0.25) is 0 Å². The Kier molecular flexibility index (Phi) is 2.28. The number of halogens is 1. The van der Waals surface area contributed by atoms with Gasteiger partial charge in [-0.2, -0.15) is 0 Å². The minimum Gasteiger partial charge on any atom is -0.264 e. The van der Waals surface area contributed by atoms with Crippen LogP contribution in [0.1, 0.15) is 0 Å². The molecule has 2 aromatic rings. The fourth-order valence-electron chi connectivity index (χ4n) is 1.14. The normalized spacial score (nSPS) is 9.92. The van der Waals surface area contributed by atoms with Crippen molar-refractivity contribution in [3.63, 3.8) is 0 Å². The van der Waals surface area contributed by atoms with Crippen molar-refractivity contribution in [3.05, 3.63) is 53.8 Å². The van der Waals surface area contributed by atoms with Crippen molar-refractivity contribution < 1.29 is 0 Å². The molecule has 1 nitrogen and oxygen atoms in total. The van der Waals surface area contributed by atoms with Gasteiger partial charge in [0.05, 0.1) is 0 Å². The molecule has 13 heavy (non-hydrogen) atoms. The number of benzene rings is 1. The summed E-state index contributed by atoms with van der Waals surface area (Å²) < 4.78 is 0. The molecule has 0 fully saturated rings. The number of hydrogen-bond donors (Lipinski definition) is 0. The van der Waals surface area contributed by atoms with E-state index in [-0.39, 0.29) is 0 Å². The smallest absolute Gasteiger partial charge is 0.0418 e. The molecule has 0 amide bonds. The second kappa shape index (κ2) is 3.58. The standard InChI is InChI=1S/C11H7ClN/c12-11-5-1-3-9(7-11)10-4-2-6-13-8-10/h2-8H. The molecule has 1 radical (unpaired) electrons. The Hall–Kier alpha value is -1.34. The second-order valence-electron chi connectivity index (χ2n) is 2.68. The zero-order chi connectivity index (χ0) is 9.10. The highest BCUT2D eigenvalue weighted by atomic mass is 35.5. The lowest BCUT2D eigenvalue weighted by atomic mass is 10.1. The largest absolute Gasteiger partial charge is 0.264 e. The van der Waals surface area contributed by atoms with Crippen molar-refractivity contribution in [1.29, 1.82) is 0 Å². The Labute approximate surface area is 82.0 Å². The highest BCUT2D eigenvalue weighted by Crippen LogP contribution is 2.20. The van der Waals surface area contributed by atoms with Gasteiger partial charge in [-0.3, -0.25) is 4.98 Å². The van der Waals surface area contributed by atoms with E-state index < -0.39 is 0 Å². The maximum absolute atomic E-state index is 5.84. The van der Waals surface area contributed by atoms with Gasteiger partial charge in [-0.1, -0.05) is 17.7 Å². The lowest BCUT2D eigenvalue weighted by Gasteiger charge is -1.99. The monoisotopic (exact) mass is 188 g/mol. The fraction of sp³-hybridized carbons (Fsp3) is 0. The average Bonchev–Trinajstić information content (AvgIpc) is 2.19. The predicted octanol–water partition coefficient (Wildman–Crippen LogP) is 3.20. The average molecular weight is 189 g/mol. The lowest BCUT2D eigenvalue weighted by molar-refractivity contribution is 1.33. The summed E-state index contributed by atoms with van der Waals surface area (Å²) >= 11 is 5.84. The molecule has 0 aliphatic heterocycles. The molecule has 0 saturated heterocycles. The number of hydrogen-bond acceptors (Lipinski definition) is 1. The van der Waals surface area contributed by atoms with Gasteiger partial charge in [0.1, 0.15) is 0 Å². The van der Waals surface area contributed by atoms with Crippen LogP contribution < -0.4 is 0 Å². The zero-order valence-corrected chi connectivity index (χ0v) is 7.62. The van der Waals surface area contributed by atoms with Crippen LogP contribution in [0.2, 0.25) is 5.02 Å². The van der Waals surface area contributed by atoms with Crippen molar-refractivity contribution in [2.24, 2.45) is 0 Å². The van der Waals surface area contributed by atoms with E-state index in [1.807, 2.05) is 24.3 Å². The summed E-state index contributed by atoms with van der Waals surface area (Å²) in [7, 11) is 0. The summed E-state index contributed by atoms with van der Waals surface area (Å²) in [6, 6.07) is 12.4. The molecule has 0 aliphatic rings. The Morgan fingerprint density at radius 2 is 2.15 bits per heavy atom. The fourth-order valence-corrected chi connectivity index (χ4v) is 1.32. The summed E-state index contributed by atoms with van der Waals surface area (Å²) in [5.41, 5.74) is 2.10. The van der Waals surface area contributed by atoms with Crippen molar-refractivity contribution in [3.8, 4) is 11.1 Å². The highest BCUT2D eigenvalue weighted by molar-refractivity contribution is 6.30. The molecule has 63 valence electrons. The molecule has 1 aromatic carbocycles. The minimum atomic E-state index is 0.696. The molecule has 0 unspecified atom stereocenters. The van der Waals surface area contributed by atoms with E-state index in [0.29, 0.717) is 5.02 Å². The SMILES string of the molecule is Clc1c[c]cc(-c2cccnc2)c1. The van der Waals surface area contributed by atoms with E-state index in [9.17, 15) is 0 Å². The van der Waals surface area contributed by atoms with Crippen molar-refractivity contribution in [2.75, 3.05) is 0 Å².